The van der Waals surface area contributed by atoms with E-state index in [-0.39, 0.29) is 0 Å². The van der Waals surface area contributed by atoms with Crippen LogP contribution in [0, 0.1) is 5.92 Å². The zero-order valence-corrected chi connectivity index (χ0v) is 16.2. The third kappa shape index (κ3) is 7.76. The molecule has 162 valence electrons. The van der Waals surface area contributed by atoms with Gasteiger partial charge in [0.05, 0.1) is 18.8 Å². The smallest absolute Gasteiger partial charge is 0.328 e. The van der Waals surface area contributed by atoms with Crippen molar-refractivity contribution in [2.24, 2.45) is 11.7 Å². The van der Waals surface area contributed by atoms with Crippen molar-refractivity contribution in [3.63, 3.8) is 0 Å². The van der Waals surface area contributed by atoms with Gasteiger partial charge in [-0.2, -0.15) is 0 Å². The van der Waals surface area contributed by atoms with E-state index in [4.69, 9.17) is 15.9 Å². The first-order valence-electron chi connectivity index (χ1n) is 8.69. The van der Waals surface area contributed by atoms with Crippen LogP contribution in [0.4, 0.5) is 0 Å². The van der Waals surface area contributed by atoms with E-state index in [9.17, 15) is 29.4 Å². The number of amides is 3. The predicted molar refractivity (Wildman–Crippen MR) is 96.7 cm³/mol. The molecule has 0 radical (unpaired) electrons. The highest BCUT2D eigenvalue weighted by molar-refractivity contribution is 5.94. The van der Waals surface area contributed by atoms with Gasteiger partial charge >= 0.3 is 5.97 Å². The third-order valence-corrected chi connectivity index (χ3v) is 3.89. The first kappa shape index (κ1) is 25.7. The van der Waals surface area contributed by atoms with Crippen molar-refractivity contribution in [2.45, 2.75) is 64.1 Å². The zero-order valence-electron chi connectivity index (χ0n) is 16.2. The van der Waals surface area contributed by atoms with Crippen LogP contribution in [0.1, 0.15) is 27.7 Å². The summed E-state index contributed by atoms with van der Waals surface area (Å²) in [6.07, 6.45) is -2.73. The number of aliphatic hydroxyl groups is 3. The Balaban J connectivity index is 5.32. The second-order valence-corrected chi connectivity index (χ2v) is 6.81. The molecule has 12 heteroatoms. The summed E-state index contributed by atoms with van der Waals surface area (Å²) in [5, 5.41) is 43.8. The van der Waals surface area contributed by atoms with Gasteiger partial charge in [0.25, 0.3) is 0 Å². The lowest BCUT2D eigenvalue weighted by atomic mass is 10.0. The normalized spacial score (nSPS) is 17.6. The molecule has 0 aliphatic rings. The maximum atomic E-state index is 12.5. The zero-order chi connectivity index (χ0) is 22.2. The topological polar surface area (TPSA) is 211 Å². The molecule has 0 aromatic rings. The van der Waals surface area contributed by atoms with E-state index in [2.05, 4.69) is 16.0 Å². The molecule has 0 saturated carbocycles. The Bertz CT molecular complexity index is 567. The maximum absolute atomic E-state index is 12.5. The molecular weight excluding hydrogens is 376 g/mol. The number of carboxylic acid groups (broad SMARTS) is 1. The van der Waals surface area contributed by atoms with Gasteiger partial charge in [-0.1, -0.05) is 13.8 Å². The van der Waals surface area contributed by atoms with E-state index in [0.29, 0.717) is 0 Å². The molecule has 3 amide bonds. The van der Waals surface area contributed by atoms with Crippen LogP contribution < -0.4 is 21.7 Å². The molecule has 0 aromatic heterocycles. The Morgan fingerprint density at radius 3 is 1.54 bits per heavy atom. The molecule has 6 unspecified atom stereocenters. The lowest BCUT2D eigenvalue weighted by molar-refractivity contribution is -0.145. The van der Waals surface area contributed by atoms with Gasteiger partial charge in [-0.15, -0.1) is 0 Å². The Morgan fingerprint density at radius 2 is 1.18 bits per heavy atom. The first-order valence-corrected chi connectivity index (χ1v) is 8.69. The lowest BCUT2D eigenvalue weighted by Gasteiger charge is -2.28. The van der Waals surface area contributed by atoms with Crippen molar-refractivity contribution in [1.29, 1.82) is 0 Å². The monoisotopic (exact) mass is 406 g/mol. The molecule has 0 rings (SSSR count). The molecular formula is C16H30N4O8. The highest BCUT2D eigenvalue weighted by Gasteiger charge is 2.34. The Morgan fingerprint density at radius 1 is 0.786 bits per heavy atom. The number of rotatable bonds is 11. The fourth-order valence-electron chi connectivity index (χ4n) is 2.16. The fourth-order valence-corrected chi connectivity index (χ4v) is 2.16. The Labute approximate surface area is 162 Å². The van der Waals surface area contributed by atoms with Crippen molar-refractivity contribution >= 4 is 23.7 Å². The molecule has 0 heterocycles. The molecule has 0 aliphatic carbocycles. The van der Waals surface area contributed by atoms with Crippen LogP contribution in [-0.4, -0.2) is 87.1 Å². The average Bonchev–Trinajstić information content (AvgIpc) is 2.59. The minimum atomic E-state index is -1.58. The highest BCUT2D eigenvalue weighted by atomic mass is 16.4. The summed E-state index contributed by atoms with van der Waals surface area (Å²) >= 11 is 0. The molecule has 12 nitrogen and oxygen atoms in total. The standard InChI is InChI=1S/C16H30N4O8/c1-6(2)10(14(25)20-12(8(4)23)16(27)28)18-15(26)11(7(3)22)19-13(24)9(17)5-21/h6-12,21-23H,5,17H2,1-4H3,(H,18,26)(H,19,24)(H,20,25)(H,27,28). The third-order valence-electron chi connectivity index (χ3n) is 3.89. The van der Waals surface area contributed by atoms with E-state index in [1.54, 1.807) is 13.8 Å². The summed E-state index contributed by atoms with van der Waals surface area (Å²) in [5.74, 6) is -4.60. The van der Waals surface area contributed by atoms with E-state index >= 15 is 0 Å². The summed E-state index contributed by atoms with van der Waals surface area (Å²) in [6, 6.07) is -5.56. The van der Waals surface area contributed by atoms with Gasteiger partial charge < -0.3 is 42.1 Å². The van der Waals surface area contributed by atoms with E-state index < -0.39 is 72.6 Å². The van der Waals surface area contributed by atoms with Gasteiger partial charge in [-0.05, 0) is 19.8 Å². The predicted octanol–water partition coefficient (Wildman–Crippen LogP) is -3.74. The van der Waals surface area contributed by atoms with E-state index in [0.717, 1.165) is 0 Å². The fraction of sp³-hybridized carbons (Fsp3) is 0.750. The lowest BCUT2D eigenvalue weighted by Crippen LogP contribution is -2.61. The van der Waals surface area contributed by atoms with E-state index in [1.807, 2.05) is 0 Å². The summed E-state index contributed by atoms with van der Waals surface area (Å²) in [7, 11) is 0. The quantitative estimate of drug-likeness (QED) is 0.169. The minimum Gasteiger partial charge on any atom is -0.480 e. The summed E-state index contributed by atoms with van der Waals surface area (Å²) in [6.45, 7) is 4.91. The van der Waals surface area contributed by atoms with Crippen LogP contribution >= 0.6 is 0 Å². The van der Waals surface area contributed by atoms with Crippen molar-refractivity contribution in [3.05, 3.63) is 0 Å². The van der Waals surface area contributed by atoms with Gasteiger partial charge in [0.1, 0.15) is 18.1 Å². The summed E-state index contributed by atoms with van der Waals surface area (Å²) < 4.78 is 0. The van der Waals surface area contributed by atoms with Gasteiger partial charge in [-0.25, -0.2) is 4.79 Å². The molecule has 0 spiro atoms. The van der Waals surface area contributed by atoms with Crippen molar-refractivity contribution in [2.75, 3.05) is 6.61 Å². The summed E-state index contributed by atoms with van der Waals surface area (Å²) in [4.78, 5) is 47.8. The Kier molecular flexibility index (Phi) is 10.6. The van der Waals surface area contributed by atoms with Crippen LogP contribution in [-0.2, 0) is 19.2 Å². The first-order chi connectivity index (χ1) is 12.8. The molecule has 6 atom stereocenters. The molecule has 0 bridgehead atoms. The van der Waals surface area contributed by atoms with Crippen molar-refractivity contribution in [1.82, 2.24) is 16.0 Å². The second-order valence-electron chi connectivity index (χ2n) is 6.81. The number of aliphatic carboxylic acids is 1. The number of hydrogen-bond acceptors (Lipinski definition) is 8. The molecule has 0 aliphatic heterocycles. The number of carboxylic acids is 1. The number of nitrogens with two attached hydrogens (primary N) is 1. The molecule has 0 saturated heterocycles. The van der Waals surface area contributed by atoms with Crippen LogP contribution in [0.15, 0.2) is 0 Å². The van der Waals surface area contributed by atoms with Crippen LogP contribution in [0.3, 0.4) is 0 Å². The molecule has 0 fully saturated rings. The summed E-state index contributed by atoms with van der Waals surface area (Å²) in [5.41, 5.74) is 5.36. The minimum absolute atomic E-state index is 0.488. The SMILES string of the molecule is CC(C)C(NC(=O)C(NC(=O)C(N)CO)C(C)O)C(=O)NC(C(=O)O)C(C)O. The van der Waals surface area contributed by atoms with Crippen molar-refractivity contribution in [3.8, 4) is 0 Å². The number of hydrogen-bond donors (Lipinski definition) is 8. The number of aliphatic hydroxyl groups excluding tert-OH is 3. The highest BCUT2D eigenvalue weighted by Crippen LogP contribution is 2.06. The van der Waals surface area contributed by atoms with E-state index in [1.165, 1.54) is 13.8 Å². The van der Waals surface area contributed by atoms with Crippen LogP contribution in [0.2, 0.25) is 0 Å². The molecule has 0 aromatic carbocycles. The molecule has 28 heavy (non-hydrogen) atoms. The number of nitrogens with one attached hydrogen (secondary N) is 3. The maximum Gasteiger partial charge on any atom is 0.328 e. The van der Waals surface area contributed by atoms with Gasteiger partial charge in [0.2, 0.25) is 17.7 Å². The van der Waals surface area contributed by atoms with Gasteiger partial charge in [-0.3, -0.25) is 14.4 Å². The van der Waals surface area contributed by atoms with Crippen molar-refractivity contribution < 1.29 is 39.6 Å². The largest absolute Gasteiger partial charge is 0.480 e. The second kappa shape index (κ2) is 11.5. The average molecular weight is 406 g/mol. The van der Waals surface area contributed by atoms with Crippen LogP contribution in [0.25, 0.3) is 0 Å². The number of carbonyl (C=O) groups excluding carboxylic acids is 3. The van der Waals surface area contributed by atoms with Gasteiger partial charge in [0, 0.05) is 0 Å². The van der Waals surface area contributed by atoms with Crippen LogP contribution in [0.5, 0.6) is 0 Å². The Hall–Kier alpha value is -2.28. The number of carbonyl (C=O) groups is 4. The van der Waals surface area contributed by atoms with Gasteiger partial charge in [0.15, 0.2) is 6.04 Å². The molecule has 9 N–H and O–H groups in total.